The Morgan fingerprint density at radius 2 is 1.91 bits per heavy atom. The molecule has 0 aromatic heterocycles. The first-order chi connectivity index (χ1) is 10.7. The molecule has 6 nitrogen and oxygen atoms in total. The summed E-state index contributed by atoms with van der Waals surface area (Å²) in [6, 6.07) is 5.26. The fraction of sp³-hybridized carbons (Fsp3) is 0.500. The Labute approximate surface area is 129 Å². The van der Waals surface area contributed by atoms with E-state index >= 15 is 0 Å². The summed E-state index contributed by atoms with van der Waals surface area (Å²) < 4.78 is 10.5. The summed E-state index contributed by atoms with van der Waals surface area (Å²) in [7, 11) is 0. The molecule has 1 aliphatic heterocycles. The van der Waals surface area contributed by atoms with Crippen LogP contribution in [0, 0.1) is 5.92 Å². The standard InChI is InChI=1S/C16H20N2O4/c19-15(7-8-17-16(20)11-3-1-2-4-11)18-12-5-6-13-14(9-12)22-10-21-13/h5-6,9,11H,1-4,7-8,10H2,(H,17,20)(H,18,19). The van der Waals surface area contributed by atoms with Crippen LogP contribution in [0.4, 0.5) is 5.69 Å². The molecule has 1 aliphatic carbocycles. The van der Waals surface area contributed by atoms with Crippen molar-refractivity contribution in [2.24, 2.45) is 5.92 Å². The van der Waals surface area contributed by atoms with Gasteiger partial charge in [0.2, 0.25) is 18.6 Å². The Morgan fingerprint density at radius 1 is 1.14 bits per heavy atom. The van der Waals surface area contributed by atoms with Gasteiger partial charge in [0.1, 0.15) is 0 Å². The highest BCUT2D eigenvalue weighted by atomic mass is 16.7. The van der Waals surface area contributed by atoms with E-state index in [9.17, 15) is 9.59 Å². The van der Waals surface area contributed by atoms with Crippen molar-refractivity contribution >= 4 is 17.5 Å². The maximum Gasteiger partial charge on any atom is 0.231 e. The van der Waals surface area contributed by atoms with Gasteiger partial charge in [-0.2, -0.15) is 0 Å². The molecule has 0 spiro atoms. The van der Waals surface area contributed by atoms with Crippen LogP contribution in [0.15, 0.2) is 18.2 Å². The number of anilines is 1. The summed E-state index contributed by atoms with van der Waals surface area (Å²) in [5.74, 6) is 1.39. The van der Waals surface area contributed by atoms with Crippen molar-refractivity contribution in [1.82, 2.24) is 5.32 Å². The Bertz CT molecular complexity index is 567. The van der Waals surface area contributed by atoms with E-state index in [2.05, 4.69) is 10.6 Å². The largest absolute Gasteiger partial charge is 0.454 e. The predicted octanol–water partition coefficient (Wildman–Crippen LogP) is 2.05. The van der Waals surface area contributed by atoms with E-state index in [1.54, 1.807) is 18.2 Å². The molecule has 6 heteroatoms. The smallest absolute Gasteiger partial charge is 0.231 e. The van der Waals surface area contributed by atoms with Crippen LogP contribution in [0.2, 0.25) is 0 Å². The van der Waals surface area contributed by atoms with E-state index in [4.69, 9.17) is 9.47 Å². The van der Waals surface area contributed by atoms with Gasteiger partial charge in [-0.25, -0.2) is 0 Å². The van der Waals surface area contributed by atoms with Gasteiger partial charge in [-0.05, 0) is 25.0 Å². The lowest BCUT2D eigenvalue weighted by Crippen LogP contribution is -2.31. The first kappa shape index (κ1) is 14.7. The molecule has 22 heavy (non-hydrogen) atoms. The number of amides is 2. The Kier molecular flexibility index (Phi) is 4.46. The fourth-order valence-corrected chi connectivity index (χ4v) is 2.83. The van der Waals surface area contributed by atoms with Gasteiger partial charge in [-0.3, -0.25) is 9.59 Å². The number of carbonyl (C=O) groups is 2. The molecule has 0 saturated heterocycles. The maximum absolute atomic E-state index is 11.9. The first-order valence-electron chi connectivity index (χ1n) is 7.69. The lowest BCUT2D eigenvalue weighted by Gasteiger charge is -2.10. The Balaban J connectivity index is 1.41. The van der Waals surface area contributed by atoms with Crippen molar-refractivity contribution in [3.63, 3.8) is 0 Å². The summed E-state index contributed by atoms with van der Waals surface area (Å²) in [6.45, 7) is 0.575. The number of hydrogen-bond donors (Lipinski definition) is 2. The number of hydrogen-bond acceptors (Lipinski definition) is 4. The number of nitrogens with one attached hydrogen (secondary N) is 2. The van der Waals surface area contributed by atoms with Crippen molar-refractivity contribution < 1.29 is 19.1 Å². The van der Waals surface area contributed by atoms with Crippen LogP contribution in [-0.2, 0) is 9.59 Å². The highest BCUT2D eigenvalue weighted by molar-refractivity contribution is 5.91. The van der Waals surface area contributed by atoms with Crippen LogP contribution in [0.25, 0.3) is 0 Å². The van der Waals surface area contributed by atoms with Gasteiger partial charge in [-0.15, -0.1) is 0 Å². The second-order valence-corrected chi connectivity index (χ2v) is 5.64. The lowest BCUT2D eigenvalue weighted by molar-refractivity contribution is -0.124. The van der Waals surface area contributed by atoms with Crippen molar-refractivity contribution in [2.75, 3.05) is 18.7 Å². The monoisotopic (exact) mass is 304 g/mol. The Morgan fingerprint density at radius 3 is 2.73 bits per heavy atom. The number of rotatable bonds is 5. The molecule has 2 amide bonds. The van der Waals surface area contributed by atoms with Gasteiger partial charge in [0.15, 0.2) is 11.5 Å². The quantitative estimate of drug-likeness (QED) is 0.873. The zero-order chi connectivity index (χ0) is 15.4. The van der Waals surface area contributed by atoms with Gasteiger partial charge in [0.05, 0.1) is 0 Å². The van der Waals surface area contributed by atoms with Gasteiger partial charge < -0.3 is 20.1 Å². The van der Waals surface area contributed by atoms with Gasteiger partial charge in [-0.1, -0.05) is 12.8 Å². The molecule has 1 aromatic rings. The maximum atomic E-state index is 11.9. The summed E-state index contributed by atoms with van der Waals surface area (Å²) in [4.78, 5) is 23.7. The van der Waals surface area contributed by atoms with E-state index in [0.29, 0.717) is 23.7 Å². The third-order valence-corrected chi connectivity index (χ3v) is 4.03. The summed E-state index contributed by atoms with van der Waals surface area (Å²) in [6.07, 6.45) is 4.45. The minimum atomic E-state index is -0.134. The highest BCUT2D eigenvalue weighted by Crippen LogP contribution is 2.34. The van der Waals surface area contributed by atoms with Crippen LogP contribution in [0.1, 0.15) is 32.1 Å². The van der Waals surface area contributed by atoms with Crippen molar-refractivity contribution in [3.05, 3.63) is 18.2 Å². The van der Waals surface area contributed by atoms with Crippen LogP contribution in [0.5, 0.6) is 11.5 Å². The SMILES string of the molecule is O=C(CCNC(=O)C1CCCC1)Nc1ccc2c(c1)OCO2. The summed E-state index contributed by atoms with van der Waals surface area (Å²) >= 11 is 0. The van der Waals surface area contributed by atoms with Gasteiger partial charge in [0.25, 0.3) is 0 Å². The topological polar surface area (TPSA) is 76.7 Å². The number of benzene rings is 1. The average molecular weight is 304 g/mol. The predicted molar refractivity (Wildman–Crippen MR) is 80.8 cm³/mol. The zero-order valence-corrected chi connectivity index (χ0v) is 12.4. The lowest BCUT2D eigenvalue weighted by atomic mass is 10.1. The van der Waals surface area contributed by atoms with Crippen molar-refractivity contribution in [2.45, 2.75) is 32.1 Å². The third-order valence-electron chi connectivity index (χ3n) is 4.03. The summed E-state index contributed by atoms with van der Waals surface area (Å²) in [5.41, 5.74) is 0.663. The fourth-order valence-electron chi connectivity index (χ4n) is 2.83. The van der Waals surface area contributed by atoms with E-state index in [1.165, 1.54) is 0 Å². The molecular formula is C16H20N2O4. The van der Waals surface area contributed by atoms with E-state index in [1.807, 2.05) is 0 Å². The molecule has 2 N–H and O–H groups in total. The Hall–Kier alpha value is -2.24. The molecule has 1 saturated carbocycles. The minimum absolute atomic E-state index is 0.0772. The van der Waals surface area contributed by atoms with Crippen LogP contribution >= 0.6 is 0 Å². The molecule has 1 fully saturated rings. The van der Waals surface area contributed by atoms with Crippen LogP contribution in [-0.4, -0.2) is 25.2 Å². The van der Waals surface area contributed by atoms with Gasteiger partial charge >= 0.3 is 0 Å². The minimum Gasteiger partial charge on any atom is -0.454 e. The highest BCUT2D eigenvalue weighted by Gasteiger charge is 2.22. The van der Waals surface area contributed by atoms with E-state index < -0.39 is 0 Å². The number of ether oxygens (including phenoxy) is 2. The van der Waals surface area contributed by atoms with Crippen LogP contribution in [0.3, 0.4) is 0 Å². The third kappa shape index (κ3) is 3.50. The van der Waals surface area contributed by atoms with Crippen molar-refractivity contribution in [3.8, 4) is 11.5 Å². The molecule has 1 heterocycles. The number of carbonyl (C=O) groups excluding carboxylic acids is 2. The molecule has 3 rings (SSSR count). The second-order valence-electron chi connectivity index (χ2n) is 5.64. The van der Waals surface area contributed by atoms with Gasteiger partial charge in [0, 0.05) is 30.6 Å². The van der Waals surface area contributed by atoms with Crippen LogP contribution < -0.4 is 20.1 Å². The van der Waals surface area contributed by atoms with Crippen molar-refractivity contribution in [1.29, 1.82) is 0 Å². The molecule has 0 bridgehead atoms. The number of fused-ring (bicyclic) bond motifs is 1. The van der Waals surface area contributed by atoms with E-state index in [0.717, 1.165) is 25.7 Å². The average Bonchev–Trinajstić information content (AvgIpc) is 3.18. The molecule has 2 aliphatic rings. The normalized spacial score (nSPS) is 16.5. The molecule has 0 unspecified atom stereocenters. The first-order valence-corrected chi connectivity index (χ1v) is 7.69. The molecule has 0 radical (unpaired) electrons. The van der Waals surface area contributed by atoms with E-state index in [-0.39, 0.29) is 30.9 Å². The molecule has 118 valence electrons. The molecule has 1 aromatic carbocycles. The second kappa shape index (κ2) is 6.68. The summed E-state index contributed by atoms with van der Waals surface area (Å²) in [5, 5.41) is 5.63. The molecule has 0 atom stereocenters. The molecular weight excluding hydrogens is 284 g/mol. The zero-order valence-electron chi connectivity index (χ0n) is 12.4.